The summed E-state index contributed by atoms with van der Waals surface area (Å²) in [7, 11) is 0. The normalized spacial score (nSPS) is 20.8. The van der Waals surface area contributed by atoms with Gasteiger partial charge in [-0.2, -0.15) is 0 Å². The highest BCUT2D eigenvalue weighted by Gasteiger charge is 2.35. The number of hydrogen-bond donors (Lipinski definition) is 5. The Kier molecular flexibility index (Phi) is 12.4. The zero-order valence-corrected chi connectivity index (χ0v) is 30.9. The van der Waals surface area contributed by atoms with E-state index in [1.165, 1.54) is 0 Å². The minimum Gasteiger partial charge on any atom is -0.875 e. The number of phenols is 2. The summed E-state index contributed by atoms with van der Waals surface area (Å²) in [6, 6.07) is 16.0. The molecule has 7 N–H and O–H groups in total. The second-order valence-corrected chi connectivity index (χ2v) is 14.8. The summed E-state index contributed by atoms with van der Waals surface area (Å²) >= 11 is 0. The molecule has 0 amide bonds. The summed E-state index contributed by atoms with van der Waals surface area (Å²) in [5.74, 6) is 6.21. The number of rotatable bonds is 14. The number of carbonyl (C=O) groups excluding carboxylic acids is 1. The fraction of sp³-hybridized carbons (Fsp3) is 0.378. The maximum Gasteiger partial charge on any atom is 0.161 e. The van der Waals surface area contributed by atoms with E-state index >= 15 is 0 Å². The van der Waals surface area contributed by atoms with Crippen molar-refractivity contribution in [1.82, 2.24) is 0 Å². The monoisotopic (exact) mass is 728 g/mol. The first-order chi connectivity index (χ1) is 26.0. The molecule has 1 heterocycles. The number of ketones is 1. The minimum atomic E-state index is -0.696. The molecule has 9 heteroatoms. The van der Waals surface area contributed by atoms with Gasteiger partial charge in [-0.3, -0.25) is 9.79 Å². The lowest BCUT2D eigenvalue weighted by Gasteiger charge is -2.27. The van der Waals surface area contributed by atoms with Crippen molar-refractivity contribution in [2.45, 2.75) is 95.7 Å². The number of hydrogen-bond acceptors (Lipinski definition) is 9. The average molecular weight is 729 g/mol. The Bertz CT molecular complexity index is 2050. The first-order valence-electron chi connectivity index (χ1n) is 19.0. The number of allylic oxidation sites excluding steroid dienone is 5. The van der Waals surface area contributed by atoms with Gasteiger partial charge in [0.15, 0.2) is 17.3 Å². The number of nitrogens with zero attached hydrogens (tertiary/aromatic N) is 1. The number of aliphatic hydroxyl groups excluding tert-OH is 1. The van der Waals surface area contributed by atoms with Crippen LogP contribution in [0.15, 0.2) is 95.3 Å². The first kappa shape index (κ1) is 38.6. The summed E-state index contributed by atoms with van der Waals surface area (Å²) in [6.45, 7) is 2.39. The van der Waals surface area contributed by atoms with Crippen molar-refractivity contribution in [2.75, 3.05) is 6.61 Å². The molecule has 2 aliphatic carbocycles. The number of fused-ring (bicyclic) bond motifs is 2. The molecule has 0 spiro atoms. The number of nitrogens with two attached hydrogens (primary N) is 2. The van der Waals surface area contributed by atoms with Crippen LogP contribution in [0.5, 0.6) is 17.2 Å². The third kappa shape index (κ3) is 9.31. The van der Waals surface area contributed by atoms with Gasteiger partial charge < -0.3 is 36.6 Å². The number of benzene rings is 3. The van der Waals surface area contributed by atoms with Crippen molar-refractivity contribution in [3.63, 3.8) is 0 Å². The fourth-order valence-electron chi connectivity index (χ4n) is 7.75. The van der Waals surface area contributed by atoms with Crippen LogP contribution in [0.4, 0.5) is 0 Å². The Balaban J connectivity index is 1.15. The number of aliphatic imine (C=N–C) groups is 1. The van der Waals surface area contributed by atoms with Crippen LogP contribution in [0.1, 0.15) is 110 Å². The van der Waals surface area contributed by atoms with Crippen molar-refractivity contribution < 1.29 is 30.0 Å². The third-order valence-electron chi connectivity index (χ3n) is 10.9. The SMILES string of the molecule is CCCCC1(C=CC(=O)CCc2ccc(O)c(OCCc3ccc(O)c(C4CC([O-])=C5C=CN=C5CC#Cc5cc(C(N)N)ccc54)c3)c2)CCC(O)C1. The molecule has 6 rings (SSSR count). The number of aliphatic hydroxyl groups is 1. The molecule has 1 fully saturated rings. The van der Waals surface area contributed by atoms with Gasteiger partial charge in [-0.15, -0.1) is 5.76 Å². The standard InChI is InChI=1S/C45H51N3O6/c1-2-3-19-45(21-16-34(50)28-45)20-15-33(49)11-7-29-9-14-41(52)43(25-29)54-23-18-30-8-13-40(51)38(24-30)37-27-42(53)36-17-22-48-39(36)6-4-5-31-26-32(44(46)47)10-12-35(31)37/h8-10,12-15,17,20,22,24-26,34,37,44,50-53H,2-3,6-7,11,16,18-19,21,23,27-28,46-47H2,1H3/p-1. The number of aryl methyl sites for hydroxylation is 1. The highest BCUT2D eigenvalue weighted by atomic mass is 16.5. The van der Waals surface area contributed by atoms with Crippen LogP contribution in [0.3, 0.4) is 0 Å². The van der Waals surface area contributed by atoms with Gasteiger partial charge in [-0.25, -0.2) is 0 Å². The Morgan fingerprint density at radius 1 is 1.07 bits per heavy atom. The molecule has 1 saturated carbocycles. The van der Waals surface area contributed by atoms with E-state index in [1.54, 1.807) is 42.6 Å². The molecule has 3 unspecified atom stereocenters. The summed E-state index contributed by atoms with van der Waals surface area (Å²) in [5, 5.41) is 45.6. The van der Waals surface area contributed by atoms with Gasteiger partial charge >= 0.3 is 0 Å². The molecule has 3 aliphatic rings. The molecule has 9 nitrogen and oxygen atoms in total. The highest BCUT2D eigenvalue weighted by molar-refractivity contribution is 6.06. The second-order valence-electron chi connectivity index (χ2n) is 14.8. The van der Waals surface area contributed by atoms with Gasteiger partial charge in [0.05, 0.1) is 31.0 Å². The van der Waals surface area contributed by atoms with Gasteiger partial charge in [0.1, 0.15) is 5.75 Å². The van der Waals surface area contributed by atoms with Gasteiger partial charge in [-0.1, -0.05) is 68.0 Å². The Morgan fingerprint density at radius 2 is 1.87 bits per heavy atom. The van der Waals surface area contributed by atoms with Crippen LogP contribution < -0.4 is 21.3 Å². The van der Waals surface area contributed by atoms with Crippen molar-refractivity contribution in [3.05, 3.63) is 124 Å². The number of ether oxygens (including phenoxy) is 1. The maximum absolute atomic E-state index is 13.7. The molecule has 54 heavy (non-hydrogen) atoms. The number of phenolic OH excluding ortho intramolecular Hbond substituents is 2. The molecule has 3 atom stereocenters. The minimum absolute atomic E-state index is 0.00435. The predicted octanol–water partition coefficient (Wildman–Crippen LogP) is 6.27. The quantitative estimate of drug-likeness (QED) is 0.0733. The zero-order valence-electron chi connectivity index (χ0n) is 30.9. The summed E-state index contributed by atoms with van der Waals surface area (Å²) < 4.78 is 6.05. The van der Waals surface area contributed by atoms with Crippen LogP contribution in [0.25, 0.3) is 0 Å². The van der Waals surface area contributed by atoms with E-state index in [4.69, 9.17) is 16.2 Å². The topological polar surface area (TPSA) is 174 Å². The number of carbonyl (C=O) groups is 1. The lowest BCUT2D eigenvalue weighted by molar-refractivity contribution is -0.307. The van der Waals surface area contributed by atoms with Gasteiger partial charge in [0, 0.05) is 36.1 Å². The molecule has 0 bridgehead atoms. The second kappa shape index (κ2) is 17.3. The van der Waals surface area contributed by atoms with Crippen LogP contribution in [0.2, 0.25) is 0 Å². The molecule has 1 aliphatic heterocycles. The van der Waals surface area contributed by atoms with Gasteiger partial charge in [-0.05, 0) is 108 Å². The van der Waals surface area contributed by atoms with Crippen LogP contribution in [-0.2, 0) is 17.6 Å². The van der Waals surface area contributed by atoms with E-state index in [2.05, 4.69) is 23.8 Å². The van der Waals surface area contributed by atoms with Crippen molar-refractivity contribution >= 4 is 11.5 Å². The zero-order chi connectivity index (χ0) is 38.2. The molecule has 3 aromatic carbocycles. The van der Waals surface area contributed by atoms with Crippen molar-refractivity contribution in [2.24, 2.45) is 21.9 Å². The van der Waals surface area contributed by atoms with E-state index < -0.39 is 12.1 Å². The molecule has 0 saturated heterocycles. The smallest absolute Gasteiger partial charge is 0.161 e. The van der Waals surface area contributed by atoms with E-state index in [1.807, 2.05) is 36.4 Å². The molecule has 0 radical (unpaired) electrons. The maximum atomic E-state index is 13.7. The summed E-state index contributed by atoms with van der Waals surface area (Å²) in [5.41, 5.74) is 17.6. The Labute approximate surface area is 317 Å². The van der Waals surface area contributed by atoms with E-state index in [0.29, 0.717) is 65.8 Å². The summed E-state index contributed by atoms with van der Waals surface area (Å²) in [6.07, 6.45) is 13.3. The first-order valence-corrected chi connectivity index (χ1v) is 19.0. The molecular formula is C45H50N3O6-. The molecule has 3 aromatic rings. The number of aromatic hydroxyl groups is 2. The van der Waals surface area contributed by atoms with E-state index in [-0.39, 0.29) is 47.6 Å². The number of unbranched alkanes of at least 4 members (excludes halogenated alkanes) is 1. The van der Waals surface area contributed by atoms with Gasteiger partial charge in [0.25, 0.3) is 0 Å². The summed E-state index contributed by atoms with van der Waals surface area (Å²) in [4.78, 5) is 17.2. The fourth-order valence-corrected chi connectivity index (χ4v) is 7.75. The lowest BCUT2D eigenvalue weighted by atomic mass is 9.80. The van der Waals surface area contributed by atoms with Crippen molar-refractivity contribution in [1.29, 1.82) is 0 Å². The Hall–Kier alpha value is -5.14. The van der Waals surface area contributed by atoms with E-state index in [0.717, 1.165) is 48.8 Å². The molecular weight excluding hydrogens is 679 g/mol. The van der Waals surface area contributed by atoms with Crippen LogP contribution in [-0.4, -0.2) is 39.5 Å². The highest BCUT2D eigenvalue weighted by Crippen LogP contribution is 2.44. The average Bonchev–Trinajstić information content (AvgIpc) is 3.79. The lowest BCUT2D eigenvalue weighted by Crippen LogP contribution is -2.21. The molecule has 0 aromatic heterocycles. The Morgan fingerprint density at radius 3 is 2.63 bits per heavy atom. The molecule has 282 valence electrons. The van der Waals surface area contributed by atoms with Gasteiger partial charge in [0.2, 0.25) is 0 Å². The third-order valence-corrected chi connectivity index (χ3v) is 10.9. The van der Waals surface area contributed by atoms with Crippen LogP contribution in [0, 0.1) is 17.3 Å². The van der Waals surface area contributed by atoms with E-state index in [9.17, 15) is 25.2 Å². The predicted molar refractivity (Wildman–Crippen MR) is 209 cm³/mol. The van der Waals surface area contributed by atoms with Crippen molar-refractivity contribution in [3.8, 4) is 29.1 Å². The largest absolute Gasteiger partial charge is 0.875 e. The van der Waals surface area contributed by atoms with Crippen LogP contribution >= 0.6 is 0 Å².